The van der Waals surface area contributed by atoms with Gasteiger partial charge in [0, 0.05) is 10.5 Å². The van der Waals surface area contributed by atoms with Crippen LogP contribution in [0.4, 0.5) is 18.9 Å². The Balaban J connectivity index is 3.41. The zero-order valence-electron chi connectivity index (χ0n) is 14.8. The van der Waals surface area contributed by atoms with Crippen LogP contribution in [0.2, 0.25) is 0 Å². The number of nitrogens with two attached hydrogens (primary N) is 1. The maximum atomic E-state index is 13.3. The first kappa shape index (κ1) is 23.6. The van der Waals surface area contributed by atoms with E-state index in [1.165, 1.54) is 20.8 Å². The van der Waals surface area contributed by atoms with Crippen LogP contribution in [0, 0.1) is 10.1 Å². The highest BCUT2D eigenvalue weighted by Gasteiger charge is 2.48. The van der Waals surface area contributed by atoms with E-state index in [4.69, 9.17) is 15.2 Å². The van der Waals surface area contributed by atoms with Crippen LogP contribution >= 0.6 is 15.9 Å². The molecule has 3 N–H and O–H groups in total. The van der Waals surface area contributed by atoms with Crippen molar-refractivity contribution in [1.29, 1.82) is 0 Å². The maximum absolute atomic E-state index is 13.3. The number of nitrogens with zero attached hydrogens (tertiary/aromatic N) is 1. The van der Waals surface area contributed by atoms with E-state index in [-0.39, 0.29) is 4.47 Å². The number of nitro benzene ring substituents is 1. The predicted molar refractivity (Wildman–Crippen MR) is 91.7 cm³/mol. The van der Waals surface area contributed by atoms with Crippen molar-refractivity contribution < 1.29 is 42.3 Å². The Kier molecular flexibility index (Phi) is 6.68. The fourth-order valence-electron chi connectivity index (χ4n) is 1.84. The minimum absolute atomic E-state index is 0.261. The van der Waals surface area contributed by atoms with Crippen LogP contribution in [0.15, 0.2) is 16.6 Å². The van der Waals surface area contributed by atoms with Gasteiger partial charge in [0.05, 0.1) is 4.92 Å². The highest BCUT2D eigenvalue weighted by atomic mass is 79.9. The molecule has 0 heterocycles. The van der Waals surface area contributed by atoms with Crippen LogP contribution < -0.4 is 10.5 Å². The molecule has 1 atom stereocenters. The van der Waals surface area contributed by atoms with Crippen molar-refractivity contribution in [1.82, 2.24) is 0 Å². The number of ether oxygens (including phenoxy) is 2. The minimum Gasteiger partial charge on any atom is -0.483 e. The third-order valence-corrected chi connectivity index (χ3v) is 3.58. The molecule has 0 bridgehead atoms. The van der Waals surface area contributed by atoms with Crippen LogP contribution in [-0.4, -0.2) is 39.7 Å². The Hall–Kier alpha value is -2.41. The Morgan fingerprint density at radius 1 is 1.29 bits per heavy atom. The van der Waals surface area contributed by atoms with Gasteiger partial charge < -0.3 is 20.3 Å². The average Bonchev–Trinajstić information content (AvgIpc) is 2.49. The number of alkyl halides is 3. The lowest BCUT2D eigenvalue weighted by molar-refractivity contribution is -0.386. The molecule has 0 spiro atoms. The number of halogens is 4. The Labute approximate surface area is 164 Å². The molecular formula is C15H16BrF3N2O7. The average molecular weight is 473 g/mol. The summed E-state index contributed by atoms with van der Waals surface area (Å²) in [6.07, 6.45) is -5.07. The number of rotatable bonds is 6. The van der Waals surface area contributed by atoms with Gasteiger partial charge in [-0.2, -0.15) is 13.2 Å². The summed E-state index contributed by atoms with van der Waals surface area (Å²) in [6.45, 7) is 2.89. The van der Waals surface area contributed by atoms with E-state index in [0.29, 0.717) is 6.07 Å². The zero-order valence-corrected chi connectivity index (χ0v) is 16.4. The molecule has 0 saturated heterocycles. The van der Waals surface area contributed by atoms with Gasteiger partial charge in [0.25, 0.3) is 0 Å². The van der Waals surface area contributed by atoms with E-state index in [9.17, 15) is 38.0 Å². The normalized spacial score (nSPS) is 14.1. The Morgan fingerprint density at radius 3 is 2.21 bits per heavy atom. The lowest BCUT2D eigenvalue weighted by atomic mass is 10.0. The Morgan fingerprint density at radius 2 is 1.82 bits per heavy atom. The number of carbonyl (C=O) groups is 2. The molecule has 1 rings (SSSR count). The molecule has 0 aliphatic heterocycles. The number of hydrogen-bond acceptors (Lipinski definition) is 7. The first-order valence-corrected chi connectivity index (χ1v) is 8.22. The molecular weight excluding hydrogens is 457 g/mol. The summed E-state index contributed by atoms with van der Waals surface area (Å²) in [5.41, 5.74) is -1.21. The first-order chi connectivity index (χ1) is 12.5. The summed E-state index contributed by atoms with van der Waals surface area (Å²) in [5, 5.41) is 20.4. The third-order valence-electron chi connectivity index (χ3n) is 3.13. The van der Waals surface area contributed by atoms with E-state index in [0.717, 1.165) is 6.07 Å². The van der Waals surface area contributed by atoms with Gasteiger partial charge in [0.1, 0.15) is 17.8 Å². The minimum atomic E-state index is -5.07. The van der Waals surface area contributed by atoms with Crippen molar-refractivity contribution >= 4 is 33.6 Å². The van der Waals surface area contributed by atoms with E-state index in [1.54, 1.807) is 0 Å². The molecule has 0 saturated carbocycles. The van der Waals surface area contributed by atoms with E-state index >= 15 is 0 Å². The van der Waals surface area contributed by atoms with Crippen molar-refractivity contribution in [3.8, 4) is 5.75 Å². The lowest BCUT2D eigenvalue weighted by Gasteiger charge is -2.28. The van der Waals surface area contributed by atoms with E-state index in [1.807, 2.05) is 0 Å². The molecule has 0 fully saturated rings. The molecule has 0 radical (unpaired) electrons. The summed E-state index contributed by atoms with van der Waals surface area (Å²) in [6, 6.07) is 1.24. The molecule has 0 unspecified atom stereocenters. The quantitative estimate of drug-likeness (QED) is 0.278. The number of carbonyl (C=O) groups excluding carboxylic acids is 1. The first-order valence-electron chi connectivity index (χ1n) is 7.42. The number of hydrogen-bond donors (Lipinski definition) is 2. The summed E-state index contributed by atoms with van der Waals surface area (Å²) >= 11 is 2.73. The van der Waals surface area contributed by atoms with E-state index in [2.05, 4.69) is 15.9 Å². The van der Waals surface area contributed by atoms with Gasteiger partial charge in [-0.1, -0.05) is 15.9 Å². The van der Waals surface area contributed by atoms with Crippen molar-refractivity contribution in [3.63, 3.8) is 0 Å². The Bertz CT molecular complexity index is 808. The molecule has 0 aromatic heterocycles. The number of carboxylic acid groups (broad SMARTS) is 1. The lowest BCUT2D eigenvalue weighted by Crippen LogP contribution is -2.61. The standard InChI is InChI=1S/C15H16BrF3N2O7/c1-13(2,3)28-12(24)14(20,11(22)23)6-27-10-8(15(17,18)19)4-7(16)5-9(10)21(25)26/h4-5H,6,20H2,1-3H3,(H,22,23)/t14-/m0/s1. The highest BCUT2D eigenvalue weighted by molar-refractivity contribution is 9.10. The second kappa shape index (κ2) is 7.91. The number of carboxylic acids is 1. The molecule has 0 aliphatic carbocycles. The van der Waals surface area contributed by atoms with Crippen molar-refractivity contribution in [2.24, 2.45) is 5.73 Å². The monoisotopic (exact) mass is 472 g/mol. The highest BCUT2D eigenvalue weighted by Crippen LogP contribution is 2.43. The summed E-state index contributed by atoms with van der Waals surface area (Å²) in [4.78, 5) is 33.6. The molecule has 1 aromatic carbocycles. The van der Waals surface area contributed by atoms with Gasteiger partial charge in [-0.25, -0.2) is 9.59 Å². The van der Waals surface area contributed by atoms with Crippen molar-refractivity contribution in [2.75, 3.05) is 6.61 Å². The van der Waals surface area contributed by atoms with Crippen molar-refractivity contribution in [3.05, 3.63) is 32.3 Å². The molecule has 156 valence electrons. The van der Waals surface area contributed by atoms with E-state index < -0.39 is 57.8 Å². The van der Waals surface area contributed by atoms with Gasteiger partial charge >= 0.3 is 23.8 Å². The van der Waals surface area contributed by atoms with Crippen LogP contribution in [-0.2, 0) is 20.5 Å². The summed E-state index contributed by atoms with van der Waals surface area (Å²) in [7, 11) is 0. The predicted octanol–water partition coefficient (Wildman–Crippen LogP) is 2.88. The largest absolute Gasteiger partial charge is 0.483 e. The zero-order chi connectivity index (χ0) is 22.1. The van der Waals surface area contributed by atoms with Crippen LogP contribution in [0.1, 0.15) is 26.3 Å². The fourth-order valence-corrected chi connectivity index (χ4v) is 2.29. The molecule has 1 aromatic rings. The smallest absolute Gasteiger partial charge is 0.420 e. The second-order valence-electron chi connectivity index (χ2n) is 6.62. The van der Waals surface area contributed by atoms with Gasteiger partial charge in [-0.15, -0.1) is 0 Å². The second-order valence-corrected chi connectivity index (χ2v) is 7.54. The summed E-state index contributed by atoms with van der Waals surface area (Å²) < 4.78 is 49.2. The molecule has 13 heteroatoms. The number of esters is 1. The third kappa shape index (κ3) is 5.55. The van der Waals surface area contributed by atoms with Crippen molar-refractivity contribution in [2.45, 2.75) is 38.1 Å². The van der Waals surface area contributed by atoms with Gasteiger partial charge in [0.15, 0.2) is 0 Å². The SMILES string of the molecule is CC(C)(C)OC(=O)[C@](N)(COc1c([N+](=O)[O-])cc(Br)cc1C(F)(F)F)C(=O)O. The van der Waals surface area contributed by atoms with Gasteiger partial charge in [0.2, 0.25) is 11.3 Å². The fraction of sp³-hybridized carbons (Fsp3) is 0.467. The number of benzene rings is 1. The van der Waals surface area contributed by atoms with Crippen LogP contribution in [0.3, 0.4) is 0 Å². The number of aliphatic carboxylic acids is 1. The van der Waals surface area contributed by atoms with Crippen LogP contribution in [0.5, 0.6) is 5.75 Å². The van der Waals surface area contributed by atoms with Gasteiger partial charge in [-0.05, 0) is 26.8 Å². The topological polar surface area (TPSA) is 142 Å². The molecule has 0 amide bonds. The van der Waals surface area contributed by atoms with Crippen LogP contribution in [0.25, 0.3) is 0 Å². The van der Waals surface area contributed by atoms with Gasteiger partial charge in [-0.3, -0.25) is 10.1 Å². The molecule has 28 heavy (non-hydrogen) atoms. The summed E-state index contributed by atoms with van der Waals surface area (Å²) in [5.74, 6) is -4.71. The molecule has 9 nitrogen and oxygen atoms in total. The number of nitro groups is 1. The molecule has 0 aliphatic rings. The maximum Gasteiger partial charge on any atom is 0.420 e.